The van der Waals surface area contributed by atoms with Crippen LogP contribution in [0.15, 0.2) is 91.0 Å². The van der Waals surface area contributed by atoms with Gasteiger partial charge in [0.1, 0.15) is 12.2 Å². The molecule has 44 heavy (non-hydrogen) atoms. The van der Waals surface area contributed by atoms with E-state index in [1.165, 1.54) is 0 Å². The summed E-state index contributed by atoms with van der Waals surface area (Å²) in [7, 11) is 0. The van der Waals surface area contributed by atoms with Gasteiger partial charge in [-0.05, 0) is 32.3 Å². The lowest BCUT2D eigenvalue weighted by molar-refractivity contribution is -0.158. The summed E-state index contributed by atoms with van der Waals surface area (Å²) in [5.41, 5.74) is 0.110. The quantitative estimate of drug-likeness (QED) is 0.218. The summed E-state index contributed by atoms with van der Waals surface area (Å²) in [6.07, 6.45) is -1.96. The highest BCUT2D eigenvalue weighted by atomic mass is 16.6. The van der Waals surface area contributed by atoms with Crippen molar-refractivity contribution < 1.29 is 33.4 Å². The van der Waals surface area contributed by atoms with Crippen molar-refractivity contribution in [2.24, 2.45) is 11.8 Å². The molecule has 9 nitrogen and oxygen atoms in total. The fraction of sp³-hybridized carbons (Fsp3) is 0.371. The summed E-state index contributed by atoms with van der Waals surface area (Å²) in [6, 6.07) is 27.0. The van der Waals surface area contributed by atoms with Gasteiger partial charge in [0.05, 0.1) is 18.4 Å². The maximum Gasteiger partial charge on any atom is 0.418 e. The van der Waals surface area contributed by atoms with E-state index in [0.717, 1.165) is 10.5 Å². The first-order valence-corrected chi connectivity index (χ1v) is 14.8. The van der Waals surface area contributed by atoms with Crippen LogP contribution in [0.4, 0.5) is 9.59 Å². The summed E-state index contributed by atoms with van der Waals surface area (Å²) in [6.45, 7) is 8.77. The average Bonchev–Trinajstić information content (AvgIpc) is 3.32. The van der Waals surface area contributed by atoms with Crippen LogP contribution in [0, 0.1) is 11.8 Å². The van der Waals surface area contributed by atoms with E-state index in [-0.39, 0.29) is 25.5 Å². The molecule has 1 saturated heterocycles. The van der Waals surface area contributed by atoms with Crippen molar-refractivity contribution in [2.75, 3.05) is 6.54 Å². The van der Waals surface area contributed by atoms with Gasteiger partial charge in [-0.25, -0.2) is 14.5 Å². The Morgan fingerprint density at radius 1 is 0.886 bits per heavy atom. The first kappa shape index (κ1) is 32.3. The number of imide groups is 1. The molecule has 1 aliphatic heterocycles. The second-order valence-electron chi connectivity index (χ2n) is 12.2. The number of esters is 1. The fourth-order valence-corrected chi connectivity index (χ4v) is 5.54. The Labute approximate surface area is 258 Å². The van der Waals surface area contributed by atoms with Gasteiger partial charge in [-0.15, -0.1) is 0 Å². The van der Waals surface area contributed by atoms with Crippen molar-refractivity contribution in [1.82, 2.24) is 10.2 Å². The first-order chi connectivity index (χ1) is 20.9. The van der Waals surface area contributed by atoms with Gasteiger partial charge in [0.15, 0.2) is 5.60 Å². The molecular formula is C35H40N2O7. The summed E-state index contributed by atoms with van der Waals surface area (Å²) in [5, 5.41) is 2.60. The zero-order chi connectivity index (χ0) is 31.9. The summed E-state index contributed by atoms with van der Waals surface area (Å²) in [5.74, 6) is -2.68. The second-order valence-corrected chi connectivity index (χ2v) is 12.2. The molecule has 2 atom stereocenters. The smallest absolute Gasteiger partial charge is 0.418 e. The van der Waals surface area contributed by atoms with Gasteiger partial charge in [-0.1, -0.05) is 105 Å². The molecule has 1 heterocycles. The zero-order valence-corrected chi connectivity index (χ0v) is 25.8. The van der Waals surface area contributed by atoms with Gasteiger partial charge in [-0.3, -0.25) is 9.59 Å². The van der Waals surface area contributed by atoms with E-state index in [0.29, 0.717) is 11.1 Å². The molecular weight excluding hydrogens is 560 g/mol. The van der Waals surface area contributed by atoms with E-state index in [2.05, 4.69) is 5.32 Å². The fourth-order valence-electron chi connectivity index (χ4n) is 5.54. The Kier molecular flexibility index (Phi) is 10.1. The number of amides is 3. The van der Waals surface area contributed by atoms with Crippen LogP contribution in [0.5, 0.6) is 0 Å². The number of hydrogen-bond donors (Lipinski definition) is 1. The predicted molar refractivity (Wildman–Crippen MR) is 164 cm³/mol. The largest absolute Gasteiger partial charge is 0.460 e. The number of alkyl carbamates (subject to hydrolysis) is 1. The molecule has 4 rings (SSSR count). The van der Waals surface area contributed by atoms with Gasteiger partial charge in [0.2, 0.25) is 5.91 Å². The third kappa shape index (κ3) is 7.45. The summed E-state index contributed by atoms with van der Waals surface area (Å²) in [4.78, 5) is 54.8. The molecule has 0 aliphatic carbocycles. The van der Waals surface area contributed by atoms with Crippen LogP contribution in [0.1, 0.15) is 57.7 Å². The number of ether oxygens (including phenoxy) is 3. The number of carbonyl (C=O) groups is 4. The van der Waals surface area contributed by atoms with Crippen molar-refractivity contribution >= 4 is 24.1 Å². The lowest BCUT2D eigenvalue weighted by Crippen LogP contribution is -2.52. The monoisotopic (exact) mass is 600 g/mol. The highest BCUT2D eigenvalue weighted by Gasteiger charge is 2.60. The minimum absolute atomic E-state index is 0.0297. The van der Waals surface area contributed by atoms with Gasteiger partial charge < -0.3 is 19.5 Å². The number of hydrogen-bond acceptors (Lipinski definition) is 7. The first-order valence-electron chi connectivity index (χ1n) is 14.8. The number of nitrogens with one attached hydrogen (secondary N) is 1. The van der Waals surface area contributed by atoms with Crippen LogP contribution in [0.2, 0.25) is 0 Å². The Balaban J connectivity index is 1.65. The Bertz CT molecular complexity index is 1400. The van der Waals surface area contributed by atoms with Crippen molar-refractivity contribution in [3.63, 3.8) is 0 Å². The van der Waals surface area contributed by atoms with Gasteiger partial charge in [0, 0.05) is 17.7 Å². The number of benzene rings is 3. The molecule has 3 aromatic carbocycles. The highest BCUT2D eigenvalue weighted by Crippen LogP contribution is 2.47. The molecule has 0 unspecified atom stereocenters. The highest BCUT2D eigenvalue weighted by molar-refractivity contribution is 5.97. The topological polar surface area (TPSA) is 111 Å². The SMILES string of the molecule is CC(C)[C@H]1N(C(=O)[C@H](CNC(=O)OCc2ccccc2)CC(=O)OC(C)(C)C)C(=O)OC1(c1ccccc1)c1ccccc1. The van der Waals surface area contributed by atoms with Gasteiger partial charge in [-0.2, -0.15) is 0 Å². The Morgan fingerprint density at radius 2 is 1.41 bits per heavy atom. The minimum atomic E-state index is -1.30. The minimum Gasteiger partial charge on any atom is -0.460 e. The Hall–Kier alpha value is -4.66. The van der Waals surface area contributed by atoms with E-state index < -0.39 is 47.2 Å². The van der Waals surface area contributed by atoms with E-state index in [4.69, 9.17) is 14.2 Å². The van der Waals surface area contributed by atoms with E-state index >= 15 is 0 Å². The maximum absolute atomic E-state index is 14.3. The van der Waals surface area contributed by atoms with Crippen LogP contribution < -0.4 is 5.32 Å². The standard InChI is InChI=1S/C35H40N2O7/c1-24(2)30-35(27-17-11-7-12-18-27,28-19-13-8-14-20-28)44-33(41)37(30)31(39)26(21-29(38)43-34(3,4)5)22-36-32(40)42-23-25-15-9-6-10-16-25/h6-20,24,26,30H,21-23H2,1-5H3,(H,36,40)/t26-,30+/m0/s1. The van der Waals surface area contributed by atoms with E-state index in [1.54, 1.807) is 20.8 Å². The molecule has 0 radical (unpaired) electrons. The number of cyclic esters (lactones) is 1. The van der Waals surface area contributed by atoms with E-state index in [9.17, 15) is 19.2 Å². The molecule has 0 aromatic heterocycles. The third-order valence-corrected chi connectivity index (χ3v) is 7.30. The second kappa shape index (κ2) is 13.8. The number of rotatable bonds is 10. The molecule has 9 heteroatoms. The van der Waals surface area contributed by atoms with Gasteiger partial charge >= 0.3 is 18.2 Å². The normalized spacial score (nSPS) is 16.6. The molecule has 1 N–H and O–H groups in total. The molecule has 232 valence electrons. The van der Waals surface area contributed by atoms with E-state index in [1.807, 2.05) is 105 Å². The third-order valence-electron chi connectivity index (χ3n) is 7.30. The molecule has 1 fully saturated rings. The molecule has 0 saturated carbocycles. The molecule has 0 bridgehead atoms. The lowest BCUT2D eigenvalue weighted by atomic mass is 9.75. The van der Waals surface area contributed by atoms with Crippen molar-refractivity contribution in [1.29, 1.82) is 0 Å². The van der Waals surface area contributed by atoms with Crippen LogP contribution in [-0.2, 0) is 36.0 Å². The molecule has 1 aliphatic rings. The summed E-state index contributed by atoms with van der Waals surface area (Å²) < 4.78 is 17.0. The predicted octanol–water partition coefficient (Wildman–Crippen LogP) is 6.21. The number of carbonyl (C=O) groups excluding carboxylic acids is 4. The van der Waals surface area contributed by atoms with Crippen molar-refractivity contribution in [3.8, 4) is 0 Å². The molecule has 0 spiro atoms. The maximum atomic E-state index is 14.3. The van der Waals surface area contributed by atoms with Crippen LogP contribution in [-0.4, -0.2) is 47.2 Å². The van der Waals surface area contributed by atoms with Crippen LogP contribution in [0.3, 0.4) is 0 Å². The van der Waals surface area contributed by atoms with Crippen LogP contribution in [0.25, 0.3) is 0 Å². The molecule has 3 amide bonds. The van der Waals surface area contributed by atoms with Crippen molar-refractivity contribution in [2.45, 2.75) is 64.9 Å². The zero-order valence-electron chi connectivity index (χ0n) is 25.8. The number of nitrogens with zero attached hydrogens (tertiary/aromatic N) is 1. The Morgan fingerprint density at radius 3 is 1.91 bits per heavy atom. The summed E-state index contributed by atoms with van der Waals surface area (Å²) >= 11 is 0. The molecule has 3 aromatic rings. The van der Waals surface area contributed by atoms with Gasteiger partial charge in [0.25, 0.3) is 0 Å². The van der Waals surface area contributed by atoms with Crippen molar-refractivity contribution in [3.05, 3.63) is 108 Å². The van der Waals surface area contributed by atoms with Crippen LogP contribution >= 0.6 is 0 Å². The lowest BCUT2D eigenvalue weighted by Gasteiger charge is -2.38. The average molecular weight is 601 g/mol.